The minimum atomic E-state index is -0.217. The molecule has 6 heteroatoms. The summed E-state index contributed by atoms with van der Waals surface area (Å²) in [5.41, 5.74) is 2.81. The third-order valence-electron chi connectivity index (χ3n) is 3.78. The Hall–Kier alpha value is -3.18. The number of anilines is 1. The number of benzene rings is 2. The monoisotopic (exact) mass is 348 g/mol. The molecule has 2 aromatic heterocycles. The molecule has 1 N–H and O–H groups in total. The van der Waals surface area contributed by atoms with Crippen molar-refractivity contribution in [2.45, 2.75) is 0 Å². The third-order valence-corrected chi connectivity index (χ3v) is 4.01. The molecule has 4 rings (SSSR count). The van der Waals surface area contributed by atoms with E-state index in [-0.39, 0.29) is 5.91 Å². The molecule has 5 nitrogen and oxygen atoms in total. The van der Waals surface area contributed by atoms with Gasteiger partial charge in [-0.15, -0.1) is 10.2 Å². The molecule has 0 saturated carbocycles. The standard InChI is InChI=1S/C19H13ClN4O/c20-15-7-3-6-14(11-15)19(25)21-16-8-4-5-13(12-16)18-23-22-17-9-1-2-10-24(17)18/h1-12H,(H,21,25). The van der Waals surface area contributed by atoms with Gasteiger partial charge in [0.1, 0.15) is 0 Å². The fourth-order valence-corrected chi connectivity index (χ4v) is 2.80. The number of carbonyl (C=O) groups excluding carboxylic acids is 1. The Kier molecular flexibility index (Phi) is 3.91. The lowest BCUT2D eigenvalue weighted by Crippen LogP contribution is -2.11. The van der Waals surface area contributed by atoms with Crippen LogP contribution in [0.15, 0.2) is 72.9 Å². The number of rotatable bonds is 3. The second-order valence-electron chi connectivity index (χ2n) is 5.50. The van der Waals surface area contributed by atoms with Gasteiger partial charge in [0.25, 0.3) is 5.91 Å². The van der Waals surface area contributed by atoms with Crippen molar-refractivity contribution in [3.05, 3.63) is 83.5 Å². The summed E-state index contributed by atoms with van der Waals surface area (Å²) >= 11 is 5.94. The lowest BCUT2D eigenvalue weighted by atomic mass is 10.1. The van der Waals surface area contributed by atoms with Gasteiger partial charge in [-0.3, -0.25) is 9.20 Å². The summed E-state index contributed by atoms with van der Waals surface area (Å²) in [5, 5.41) is 11.8. The van der Waals surface area contributed by atoms with Gasteiger partial charge in [0.15, 0.2) is 11.5 Å². The summed E-state index contributed by atoms with van der Waals surface area (Å²) in [6.07, 6.45) is 1.90. The molecular weight excluding hydrogens is 336 g/mol. The van der Waals surface area contributed by atoms with Crippen molar-refractivity contribution in [2.75, 3.05) is 5.32 Å². The molecule has 0 bridgehead atoms. The first-order chi connectivity index (χ1) is 12.2. The van der Waals surface area contributed by atoms with Gasteiger partial charge in [-0.1, -0.05) is 35.9 Å². The normalized spacial score (nSPS) is 10.8. The average molecular weight is 349 g/mol. The Morgan fingerprint density at radius 2 is 1.84 bits per heavy atom. The third kappa shape index (κ3) is 3.09. The Bertz CT molecular complexity index is 1070. The number of halogens is 1. The van der Waals surface area contributed by atoms with Crippen LogP contribution in [0, 0.1) is 0 Å². The minimum Gasteiger partial charge on any atom is -0.322 e. The van der Waals surface area contributed by atoms with Crippen molar-refractivity contribution in [3.8, 4) is 11.4 Å². The van der Waals surface area contributed by atoms with Gasteiger partial charge in [-0.25, -0.2) is 0 Å². The number of amides is 1. The lowest BCUT2D eigenvalue weighted by Gasteiger charge is -2.07. The first-order valence-corrected chi connectivity index (χ1v) is 8.06. The van der Waals surface area contributed by atoms with Gasteiger partial charge in [0.05, 0.1) is 0 Å². The van der Waals surface area contributed by atoms with Crippen LogP contribution < -0.4 is 5.32 Å². The van der Waals surface area contributed by atoms with Crippen LogP contribution in [-0.4, -0.2) is 20.5 Å². The molecule has 0 aliphatic carbocycles. The maximum absolute atomic E-state index is 12.4. The summed E-state index contributed by atoms with van der Waals surface area (Å²) in [6, 6.07) is 20.0. The predicted octanol–water partition coefficient (Wildman–Crippen LogP) is 4.30. The summed E-state index contributed by atoms with van der Waals surface area (Å²) in [7, 11) is 0. The fraction of sp³-hybridized carbons (Fsp3) is 0. The van der Waals surface area contributed by atoms with E-state index in [1.54, 1.807) is 24.3 Å². The van der Waals surface area contributed by atoms with E-state index in [2.05, 4.69) is 15.5 Å². The van der Waals surface area contributed by atoms with E-state index in [0.29, 0.717) is 16.3 Å². The Morgan fingerprint density at radius 1 is 0.960 bits per heavy atom. The van der Waals surface area contributed by atoms with Crippen molar-refractivity contribution in [1.82, 2.24) is 14.6 Å². The van der Waals surface area contributed by atoms with E-state index < -0.39 is 0 Å². The summed E-state index contributed by atoms with van der Waals surface area (Å²) < 4.78 is 1.90. The van der Waals surface area contributed by atoms with Crippen molar-refractivity contribution in [3.63, 3.8) is 0 Å². The second-order valence-corrected chi connectivity index (χ2v) is 5.93. The van der Waals surface area contributed by atoms with E-state index in [1.165, 1.54) is 0 Å². The summed E-state index contributed by atoms with van der Waals surface area (Å²) in [5.74, 6) is 0.500. The molecule has 122 valence electrons. The number of nitrogens with one attached hydrogen (secondary N) is 1. The van der Waals surface area contributed by atoms with Crippen LogP contribution in [-0.2, 0) is 0 Å². The first-order valence-electron chi connectivity index (χ1n) is 7.68. The highest BCUT2D eigenvalue weighted by Gasteiger charge is 2.10. The zero-order chi connectivity index (χ0) is 17.2. The highest BCUT2D eigenvalue weighted by molar-refractivity contribution is 6.31. The number of aromatic nitrogens is 3. The van der Waals surface area contributed by atoms with Gasteiger partial charge in [-0.2, -0.15) is 0 Å². The van der Waals surface area contributed by atoms with Crippen LogP contribution >= 0.6 is 11.6 Å². The van der Waals surface area contributed by atoms with Gasteiger partial charge in [-0.05, 0) is 42.5 Å². The molecule has 2 heterocycles. The second kappa shape index (κ2) is 6.37. The molecule has 4 aromatic rings. The molecule has 0 saturated heterocycles. The number of hydrogen-bond acceptors (Lipinski definition) is 3. The average Bonchev–Trinajstić information content (AvgIpc) is 3.06. The molecule has 0 radical (unpaired) electrons. The van der Waals surface area contributed by atoms with Crippen molar-refractivity contribution in [2.24, 2.45) is 0 Å². The number of carbonyl (C=O) groups is 1. The molecule has 0 spiro atoms. The van der Waals surface area contributed by atoms with Crippen LogP contribution in [0.3, 0.4) is 0 Å². The molecule has 0 fully saturated rings. The van der Waals surface area contributed by atoms with Crippen LogP contribution in [0.4, 0.5) is 5.69 Å². The molecule has 0 aliphatic rings. The topological polar surface area (TPSA) is 59.3 Å². The number of pyridine rings is 1. The molecule has 0 atom stereocenters. The Morgan fingerprint density at radius 3 is 2.72 bits per heavy atom. The smallest absolute Gasteiger partial charge is 0.255 e. The van der Waals surface area contributed by atoms with Gasteiger partial charge >= 0.3 is 0 Å². The zero-order valence-corrected chi connectivity index (χ0v) is 13.8. The Balaban J connectivity index is 1.65. The summed E-state index contributed by atoms with van der Waals surface area (Å²) in [4.78, 5) is 12.4. The van der Waals surface area contributed by atoms with Crippen LogP contribution in [0.1, 0.15) is 10.4 Å². The van der Waals surface area contributed by atoms with Gasteiger partial charge in [0.2, 0.25) is 0 Å². The van der Waals surface area contributed by atoms with Gasteiger partial charge in [0, 0.05) is 28.0 Å². The lowest BCUT2D eigenvalue weighted by molar-refractivity contribution is 0.102. The number of nitrogens with zero attached hydrogens (tertiary/aromatic N) is 3. The highest BCUT2D eigenvalue weighted by Crippen LogP contribution is 2.22. The maximum atomic E-state index is 12.4. The number of hydrogen-bond donors (Lipinski definition) is 1. The quantitative estimate of drug-likeness (QED) is 0.600. The van der Waals surface area contributed by atoms with E-state index in [1.807, 2.05) is 53.1 Å². The van der Waals surface area contributed by atoms with Crippen LogP contribution in [0.5, 0.6) is 0 Å². The Labute approximate surface area is 148 Å². The maximum Gasteiger partial charge on any atom is 0.255 e. The van der Waals surface area contributed by atoms with Crippen molar-refractivity contribution < 1.29 is 4.79 Å². The first kappa shape index (κ1) is 15.4. The molecule has 25 heavy (non-hydrogen) atoms. The van der Waals surface area contributed by atoms with Gasteiger partial charge < -0.3 is 5.32 Å². The zero-order valence-electron chi connectivity index (χ0n) is 13.1. The predicted molar refractivity (Wildman–Crippen MR) is 97.8 cm³/mol. The molecule has 2 aromatic carbocycles. The van der Waals surface area contributed by atoms with E-state index in [9.17, 15) is 4.79 Å². The van der Waals surface area contributed by atoms with E-state index in [4.69, 9.17) is 11.6 Å². The minimum absolute atomic E-state index is 0.217. The SMILES string of the molecule is O=C(Nc1cccc(-c2nnc3ccccn23)c1)c1cccc(Cl)c1. The van der Waals surface area contributed by atoms with E-state index >= 15 is 0 Å². The van der Waals surface area contributed by atoms with Crippen molar-refractivity contribution in [1.29, 1.82) is 0 Å². The molecular formula is C19H13ClN4O. The van der Waals surface area contributed by atoms with Crippen molar-refractivity contribution >= 4 is 28.8 Å². The molecule has 1 amide bonds. The summed E-state index contributed by atoms with van der Waals surface area (Å²) in [6.45, 7) is 0. The van der Waals surface area contributed by atoms with E-state index in [0.717, 1.165) is 17.0 Å². The fourth-order valence-electron chi connectivity index (χ4n) is 2.61. The molecule has 0 unspecified atom stereocenters. The number of fused-ring (bicyclic) bond motifs is 1. The highest BCUT2D eigenvalue weighted by atomic mass is 35.5. The van der Waals surface area contributed by atoms with Crippen LogP contribution in [0.25, 0.3) is 17.0 Å². The molecule has 0 aliphatic heterocycles. The van der Waals surface area contributed by atoms with Crippen LogP contribution in [0.2, 0.25) is 5.02 Å². The largest absolute Gasteiger partial charge is 0.322 e.